The van der Waals surface area contributed by atoms with Crippen LogP contribution in [0.4, 0.5) is 10.1 Å². The molecule has 0 bridgehead atoms. The molecule has 1 aliphatic rings. The van der Waals surface area contributed by atoms with Crippen molar-refractivity contribution in [2.75, 3.05) is 18.4 Å². The summed E-state index contributed by atoms with van der Waals surface area (Å²) in [5.41, 5.74) is 5.48. The van der Waals surface area contributed by atoms with Crippen molar-refractivity contribution >= 4 is 22.5 Å². The van der Waals surface area contributed by atoms with Gasteiger partial charge in [0.25, 0.3) is 5.91 Å². The first-order chi connectivity index (χ1) is 16.1. The topological polar surface area (TPSA) is 61.0 Å². The molecule has 1 fully saturated rings. The molecule has 1 amide bonds. The lowest BCUT2D eigenvalue weighted by atomic mass is 9.95. The zero-order valence-electron chi connectivity index (χ0n) is 18.6. The number of carbonyl (C=O) groups is 1. The van der Waals surface area contributed by atoms with Gasteiger partial charge in [0.2, 0.25) is 0 Å². The monoisotopic (exact) mass is 442 g/mol. The van der Waals surface area contributed by atoms with Crippen molar-refractivity contribution in [1.29, 1.82) is 0 Å². The number of amides is 1. The Bertz CT molecular complexity index is 1260. The first-order valence-corrected chi connectivity index (χ1v) is 11.4. The van der Waals surface area contributed by atoms with Crippen LogP contribution in [0.2, 0.25) is 0 Å². The molecule has 2 aromatic heterocycles. The number of pyridine rings is 1. The maximum Gasteiger partial charge on any atom is 0.255 e. The standard InChI is InChI=1S/C27H27FN4O/c1-18-25(26(24-7-3-4-14-29-24)32-15-5-2-6-16-32)22-17-21(12-13-23(22)30-18)31-27(33)19-8-10-20(28)11-9-19/h3-4,7-14,17,26,30H,2,5-6,15-16H2,1H3,(H,31,33). The number of aryl methyl sites for hydroxylation is 1. The summed E-state index contributed by atoms with van der Waals surface area (Å²) < 4.78 is 13.2. The molecule has 0 saturated carbocycles. The van der Waals surface area contributed by atoms with Crippen LogP contribution in [0.1, 0.15) is 52.6 Å². The van der Waals surface area contributed by atoms with Crippen molar-refractivity contribution in [3.8, 4) is 0 Å². The average Bonchev–Trinajstić information content (AvgIpc) is 3.16. The highest BCUT2D eigenvalue weighted by Crippen LogP contribution is 2.37. The number of hydrogen-bond acceptors (Lipinski definition) is 3. The van der Waals surface area contributed by atoms with E-state index in [2.05, 4.69) is 28.2 Å². The van der Waals surface area contributed by atoms with Crippen LogP contribution in [0.25, 0.3) is 10.9 Å². The molecule has 4 aromatic rings. The van der Waals surface area contributed by atoms with Gasteiger partial charge in [-0.2, -0.15) is 0 Å². The number of anilines is 1. The van der Waals surface area contributed by atoms with E-state index >= 15 is 0 Å². The third-order valence-electron chi connectivity index (χ3n) is 6.40. The van der Waals surface area contributed by atoms with Gasteiger partial charge in [-0.15, -0.1) is 0 Å². The summed E-state index contributed by atoms with van der Waals surface area (Å²) in [6.07, 6.45) is 5.48. The molecule has 1 saturated heterocycles. The van der Waals surface area contributed by atoms with Gasteiger partial charge in [-0.05, 0) is 87.5 Å². The number of nitrogens with one attached hydrogen (secondary N) is 2. The van der Waals surface area contributed by atoms with E-state index in [9.17, 15) is 9.18 Å². The van der Waals surface area contributed by atoms with E-state index in [0.29, 0.717) is 11.3 Å². The quantitative estimate of drug-likeness (QED) is 0.408. The molecule has 0 spiro atoms. The van der Waals surface area contributed by atoms with Crippen molar-refractivity contribution < 1.29 is 9.18 Å². The van der Waals surface area contributed by atoms with Crippen molar-refractivity contribution in [3.63, 3.8) is 0 Å². The summed E-state index contributed by atoms with van der Waals surface area (Å²) in [7, 11) is 0. The fraction of sp³-hybridized carbons (Fsp3) is 0.259. The SMILES string of the molecule is Cc1[nH]c2ccc(NC(=O)c3ccc(F)cc3)cc2c1C(c1ccccn1)N1CCCCC1. The second-order valence-electron chi connectivity index (χ2n) is 8.64. The molecule has 2 aromatic carbocycles. The normalized spacial score (nSPS) is 15.5. The molecule has 3 heterocycles. The molecule has 0 aliphatic carbocycles. The summed E-state index contributed by atoms with van der Waals surface area (Å²) in [6, 6.07) is 17.6. The fourth-order valence-corrected chi connectivity index (χ4v) is 4.81. The number of hydrogen-bond donors (Lipinski definition) is 2. The zero-order valence-corrected chi connectivity index (χ0v) is 18.6. The highest BCUT2D eigenvalue weighted by molar-refractivity contribution is 6.05. The van der Waals surface area contributed by atoms with Crippen molar-refractivity contribution in [2.45, 2.75) is 32.2 Å². The van der Waals surface area contributed by atoms with E-state index in [-0.39, 0.29) is 17.8 Å². The molecule has 6 heteroatoms. The van der Waals surface area contributed by atoms with E-state index in [1.54, 1.807) is 0 Å². The predicted molar refractivity (Wildman–Crippen MR) is 129 cm³/mol. The van der Waals surface area contributed by atoms with Gasteiger partial charge in [-0.25, -0.2) is 4.39 Å². The van der Waals surface area contributed by atoms with Crippen molar-refractivity contribution in [2.24, 2.45) is 0 Å². The number of piperidine rings is 1. The Morgan fingerprint density at radius 3 is 2.58 bits per heavy atom. The van der Waals surface area contributed by atoms with E-state index in [0.717, 1.165) is 35.4 Å². The largest absolute Gasteiger partial charge is 0.358 e. The van der Waals surface area contributed by atoms with Gasteiger partial charge < -0.3 is 10.3 Å². The zero-order chi connectivity index (χ0) is 22.8. The summed E-state index contributed by atoms with van der Waals surface area (Å²) in [6.45, 7) is 4.18. The molecule has 5 nitrogen and oxygen atoms in total. The second kappa shape index (κ2) is 9.16. The van der Waals surface area contributed by atoms with Gasteiger partial charge >= 0.3 is 0 Å². The fourth-order valence-electron chi connectivity index (χ4n) is 4.81. The number of fused-ring (bicyclic) bond motifs is 1. The molecule has 168 valence electrons. The molecule has 1 atom stereocenters. The lowest BCUT2D eigenvalue weighted by Gasteiger charge is -2.34. The maximum absolute atomic E-state index is 13.2. The van der Waals surface area contributed by atoms with E-state index in [4.69, 9.17) is 4.98 Å². The summed E-state index contributed by atoms with van der Waals surface area (Å²) >= 11 is 0. The molecular formula is C27H27FN4O. The van der Waals surface area contributed by atoms with Gasteiger partial charge in [-0.1, -0.05) is 12.5 Å². The summed E-state index contributed by atoms with van der Waals surface area (Å²) in [5.74, 6) is -0.626. The molecule has 0 radical (unpaired) electrons. The first-order valence-electron chi connectivity index (χ1n) is 11.4. The van der Waals surface area contributed by atoms with Crippen LogP contribution < -0.4 is 5.32 Å². The Morgan fingerprint density at radius 1 is 1.06 bits per heavy atom. The van der Waals surface area contributed by atoms with Gasteiger partial charge in [0, 0.05) is 39.6 Å². The number of rotatable bonds is 5. The van der Waals surface area contributed by atoms with Crippen LogP contribution in [0, 0.1) is 12.7 Å². The Hall–Kier alpha value is -3.51. The van der Waals surface area contributed by atoms with Crippen molar-refractivity contribution in [1.82, 2.24) is 14.9 Å². The van der Waals surface area contributed by atoms with Gasteiger partial charge in [-0.3, -0.25) is 14.7 Å². The minimum absolute atomic E-state index is 0.0447. The number of carbonyl (C=O) groups excluding carboxylic acids is 1. The van der Waals surface area contributed by atoms with Crippen LogP contribution in [0.15, 0.2) is 66.9 Å². The van der Waals surface area contributed by atoms with E-state index in [1.807, 2.05) is 36.5 Å². The Morgan fingerprint density at radius 2 is 1.85 bits per heavy atom. The van der Waals surface area contributed by atoms with Crippen molar-refractivity contribution in [3.05, 3.63) is 95.2 Å². The number of aromatic amines is 1. The minimum Gasteiger partial charge on any atom is -0.358 e. The third kappa shape index (κ3) is 4.39. The average molecular weight is 443 g/mol. The predicted octanol–water partition coefficient (Wildman–Crippen LogP) is 5.84. The molecule has 2 N–H and O–H groups in total. The molecule has 5 rings (SSSR count). The lowest BCUT2D eigenvalue weighted by molar-refractivity contribution is 0.102. The second-order valence-corrected chi connectivity index (χ2v) is 8.64. The number of nitrogens with zero attached hydrogens (tertiary/aromatic N) is 2. The summed E-state index contributed by atoms with van der Waals surface area (Å²) in [4.78, 5) is 23.5. The van der Waals surface area contributed by atoms with E-state index < -0.39 is 0 Å². The highest BCUT2D eigenvalue weighted by Gasteiger charge is 2.29. The Labute approximate surface area is 192 Å². The molecule has 33 heavy (non-hydrogen) atoms. The van der Waals surface area contributed by atoms with Crippen LogP contribution in [-0.4, -0.2) is 33.9 Å². The van der Waals surface area contributed by atoms with Gasteiger partial charge in [0.1, 0.15) is 5.82 Å². The number of likely N-dealkylation sites (tertiary alicyclic amines) is 1. The maximum atomic E-state index is 13.2. The molecule has 1 aliphatic heterocycles. The molecular weight excluding hydrogens is 415 g/mol. The van der Waals surface area contributed by atoms with Gasteiger partial charge in [0.05, 0.1) is 11.7 Å². The third-order valence-corrected chi connectivity index (χ3v) is 6.40. The Kier molecular flexibility index (Phi) is 5.92. The number of H-pyrrole nitrogens is 1. The van der Waals surface area contributed by atoms with Gasteiger partial charge in [0.15, 0.2) is 0 Å². The number of benzene rings is 2. The highest BCUT2D eigenvalue weighted by atomic mass is 19.1. The summed E-state index contributed by atoms with van der Waals surface area (Å²) in [5, 5.41) is 4.03. The van der Waals surface area contributed by atoms with Crippen LogP contribution >= 0.6 is 0 Å². The number of halogens is 1. The first kappa shape index (κ1) is 21.3. The van der Waals surface area contributed by atoms with Crippen LogP contribution in [0.3, 0.4) is 0 Å². The van der Waals surface area contributed by atoms with E-state index in [1.165, 1.54) is 49.1 Å². The minimum atomic E-state index is -0.362. The lowest BCUT2D eigenvalue weighted by Crippen LogP contribution is -2.35. The Balaban J connectivity index is 1.54. The molecule has 1 unspecified atom stereocenters. The smallest absolute Gasteiger partial charge is 0.255 e. The van der Waals surface area contributed by atoms with Crippen LogP contribution in [-0.2, 0) is 0 Å². The number of aromatic nitrogens is 2. The van der Waals surface area contributed by atoms with Crippen LogP contribution in [0.5, 0.6) is 0 Å².